The summed E-state index contributed by atoms with van der Waals surface area (Å²) in [5.41, 5.74) is 3.03. The Labute approximate surface area is 116 Å². The number of nitrogens with zero attached hydrogens (tertiary/aromatic N) is 1. The van der Waals surface area contributed by atoms with Crippen molar-refractivity contribution < 1.29 is 4.79 Å². The number of rotatable bonds is 3. The predicted molar refractivity (Wildman–Crippen MR) is 78.6 cm³/mol. The fourth-order valence-electron chi connectivity index (χ4n) is 2.10. The average molecular weight is 272 g/mol. The minimum Gasteiger partial charge on any atom is -0.326 e. The number of carbonyl (C=O) groups excluding carboxylic acids is 1. The van der Waals surface area contributed by atoms with E-state index in [4.69, 9.17) is 4.98 Å². The number of hydrogen-bond acceptors (Lipinski definition) is 3. The average Bonchev–Trinajstić information content (AvgIpc) is 3.14. The Morgan fingerprint density at radius 1 is 1.32 bits per heavy atom. The van der Waals surface area contributed by atoms with Crippen LogP contribution in [-0.4, -0.2) is 10.9 Å². The maximum absolute atomic E-state index is 11.0. The van der Waals surface area contributed by atoms with E-state index in [0.29, 0.717) is 5.92 Å². The van der Waals surface area contributed by atoms with Crippen molar-refractivity contribution in [1.82, 2.24) is 4.98 Å². The van der Waals surface area contributed by atoms with Gasteiger partial charge in [0.25, 0.3) is 0 Å². The predicted octanol–water partition coefficient (Wildman–Crippen LogP) is 3.95. The van der Waals surface area contributed by atoms with Gasteiger partial charge in [-0.1, -0.05) is 12.1 Å². The molecule has 98 valence electrons. The molecule has 0 unspecified atom stereocenters. The molecule has 1 heterocycles. The van der Waals surface area contributed by atoms with Gasteiger partial charge in [0, 0.05) is 29.0 Å². The van der Waals surface area contributed by atoms with Crippen molar-refractivity contribution >= 4 is 22.9 Å². The molecular formula is C15H16N2OS. The van der Waals surface area contributed by atoms with Gasteiger partial charge in [0.15, 0.2) is 0 Å². The van der Waals surface area contributed by atoms with E-state index in [1.807, 2.05) is 35.6 Å². The van der Waals surface area contributed by atoms with Crippen LogP contribution in [-0.2, 0) is 4.79 Å². The van der Waals surface area contributed by atoms with Crippen molar-refractivity contribution in [3.63, 3.8) is 0 Å². The first kappa shape index (κ1) is 12.4. The molecule has 4 heteroatoms. The summed E-state index contributed by atoms with van der Waals surface area (Å²) < 4.78 is 0. The van der Waals surface area contributed by atoms with Crippen LogP contribution in [0.3, 0.4) is 0 Å². The van der Waals surface area contributed by atoms with Gasteiger partial charge in [0.1, 0.15) is 0 Å². The minimum absolute atomic E-state index is 0.0476. The maximum atomic E-state index is 11.0. The van der Waals surface area contributed by atoms with Crippen LogP contribution < -0.4 is 5.32 Å². The molecule has 0 radical (unpaired) electrons. The Balaban J connectivity index is 1.86. The highest BCUT2D eigenvalue weighted by Crippen LogP contribution is 2.44. The molecule has 3 rings (SSSR count). The van der Waals surface area contributed by atoms with Crippen LogP contribution in [0.25, 0.3) is 11.3 Å². The number of aryl methyl sites for hydroxylation is 1. The number of thiazole rings is 1. The van der Waals surface area contributed by atoms with Crippen molar-refractivity contribution in [3.05, 3.63) is 34.2 Å². The molecule has 0 bridgehead atoms. The summed E-state index contributed by atoms with van der Waals surface area (Å²) in [4.78, 5) is 17.0. The fraction of sp³-hybridized carbons (Fsp3) is 0.333. The molecule has 0 saturated heterocycles. The van der Waals surface area contributed by atoms with E-state index in [2.05, 4.69) is 12.2 Å². The van der Waals surface area contributed by atoms with E-state index >= 15 is 0 Å². The molecule has 1 saturated carbocycles. The normalized spacial score (nSPS) is 14.4. The van der Waals surface area contributed by atoms with Crippen LogP contribution in [0.2, 0.25) is 0 Å². The van der Waals surface area contributed by atoms with E-state index in [1.165, 1.54) is 29.7 Å². The van der Waals surface area contributed by atoms with Gasteiger partial charge in [-0.3, -0.25) is 4.79 Å². The van der Waals surface area contributed by atoms with Gasteiger partial charge >= 0.3 is 0 Å². The number of benzene rings is 1. The van der Waals surface area contributed by atoms with Crippen LogP contribution in [0.4, 0.5) is 5.69 Å². The lowest BCUT2D eigenvalue weighted by molar-refractivity contribution is -0.114. The third-order valence-electron chi connectivity index (χ3n) is 3.22. The number of amides is 1. The van der Waals surface area contributed by atoms with E-state index < -0.39 is 0 Å². The second-order valence-corrected chi connectivity index (χ2v) is 6.22. The van der Waals surface area contributed by atoms with Crippen LogP contribution in [0.5, 0.6) is 0 Å². The second-order valence-electron chi connectivity index (χ2n) is 4.99. The molecular weight excluding hydrogens is 256 g/mol. The number of carbonyl (C=O) groups is 1. The second kappa shape index (κ2) is 4.78. The molecule has 0 aliphatic heterocycles. The topological polar surface area (TPSA) is 42.0 Å². The molecule has 1 aromatic heterocycles. The quantitative estimate of drug-likeness (QED) is 0.919. The number of nitrogens with one attached hydrogen (secondary N) is 1. The van der Waals surface area contributed by atoms with Crippen LogP contribution >= 0.6 is 11.3 Å². The summed E-state index contributed by atoms with van der Waals surface area (Å²) in [6.07, 6.45) is 2.57. The van der Waals surface area contributed by atoms with Gasteiger partial charge in [-0.05, 0) is 31.9 Å². The molecule has 1 N–H and O–H groups in total. The zero-order chi connectivity index (χ0) is 13.4. The summed E-state index contributed by atoms with van der Waals surface area (Å²) in [6.45, 7) is 3.64. The van der Waals surface area contributed by atoms with Gasteiger partial charge in [-0.15, -0.1) is 11.3 Å². The van der Waals surface area contributed by atoms with Crippen LogP contribution in [0.15, 0.2) is 24.3 Å². The maximum Gasteiger partial charge on any atom is 0.221 e. The molecule has 0 spiro atoms. The van der Waals surface area contributed by atoms with Crippen molar-refractivity contribution in [2.45, 2.75) is 32.6 Å². The highest BCUT2D eigenvalue weighted by Gasteiger charge is 2.27. The first-order valence-corrected chi connectivity index (χ1v) is 7.30. The van der Waals surface area contributed by atoms with Gasteiger partial charge < -0.3 is 5.32 Å². The standard InChI is InChI=1S/C15H16N2OS/c1-9-14(17-15(19-9)12-3-4-12)11-5-7-13(8-6-11)16-10(2)18/h5-8,12H,3-4H2,1-2H3,(H,16,18). The van der Waals surface area contributed by atoms with Gasteiger partial charge in [0.2, 0.25) is 5.91 Å². The zero-order valence-corrected chi connectivity index (χ0v) is 11.9. The Bertz CT molecular complexity index is 612. The monoisotopic (exact) mass is 272 g/mol. The smallest absolute Gasteiger partial charge is 0.221 e. The van der Waals surface area contributed by atoms with Crippen molar-refractivity contribution in [3.8, 4) is 11.3 Å². The highest BCUT2D eigenvalue weighted by atomic mass is 32.1. The number of hydrogen-bond donors (Lipinski definition) is 1. The van der Waals surface area contributed by atoms with E-state index in [0.717, 1.165) is 16.9 Å². The zero-order valence-electron chi connectivity index (χ0n) is 11.1. The lowest BCUT2D eigenvalue weighted by atomic mass is 10.1. The molecule has 0 atom stereocenters. The van der Waals surface area contributed by atoms with Gasteiger partial charge in [-0.25, -0.2) is 4.98 Å². The Morgan fingerprint density at radius 2 is 2.00 bits per heavy atom. The van der Waals surface area contributed by atoms with Crippen LogP contribution in [0.1, 0.15) is 35.6 Å². The Morgan fingerprint density at radius 3 is 2.58 bits per heavy atom. The molecule has 19 heavy (non-hydrogen) atoms. The number of aromatic nitrogens is 1. The first-order chi connectivity index (χ1) is 9.13. The van der Waals surface area contributed by atoms with Crippen LogP contribution in [0, 0.1) is 6.92 Å². The summed E-state index contributed by atoms with van der Waals surface area (Å²) in [7, 11) is 0. The van der Waals surface area contributed by atoms with E-state index in [-0.39, 0.29) is 5.91 Å². The Hall–Kier alpha value is -1.68. The summed E-state index contributed by atoms with van der Waals surface area (Å²) in [5, 5.41) is 4.05. The third-order valence-corrected chi connectivity index (χ3v) is 4.35. The third kappa shape index (κ3) is 2.68. The molecule has 3 nitrogen and oxygen atoms in total. The molecule has 1 aliphatic rings. The largest absolute Gasteiger partial charge is 0.326 e. The fourth-order valence-corrected chi connectivity index (χ4v) is 3.22. The lowest BCUT2D eigenvalue weighted by Crippen LogP contribution is -2.05. The van der Waals surface area contributed by atoms with Crippen molar-refractivity contribution in [1.29, 1.82) is 0 Å². The molecule has 1 aliphatic carbocycles. The lowest BCUT2D eigenvalue weighted by Gasteiger charge is -2.03. The molecule has 1 fully saturated rings. The summed E-state index contributed by atoms with van der Waals surface area (Å²) >= 11 is 1.81. The van der Waals surface area contributed by atoms with Crippen molar-refractivity contribution in [2.75, 3.05) is 5.32 Å². The van der Waals surface area contributed by atoms with Crippen molar-refractivity contribution in [2.24, 2.45) is 0 Å². The number of anilines is 1. The van der Waals surface area contributed by atoms with Gasteiger partial charge in [0.05, 0.1) is 10.7 Å². The Kier molecular flexibility index (Phi) is 3.11. The summed E-state index contributed by atoms with van der Waals surface area (Å²) in [6, 6.07) is 7.88. The first-order valence-electron chi connectivity index (χ1n) is 6.49. The molecule has 1 amide bonds. The minimum atomic E-state index is -0.0476. The molecule has 1 aromatic carbocycles. The SMILES string of the molecule is CC(=O)Nc1ccc(-c2nc(C3CC3)sc2C)cc1. The van der Waals surface area contributed by atoms with Gasteiger partial charge in [-0.2, -0.15) is 0 Å². The molecule has 2 aromatic rings. The summed E-state index contributed by atoms with van der Waals surface area (Å²) in [5.74, 6) is 0.657. The highest BCUT2D eigenvalue weighted by molar-refractivity contribution is 7.12. The van der Waals surface area contributed by atoms with E-state index in [9.17, 15) is 4.79 Å². The van der Waals surface area contributed by atoms with E-state index in [1.54, 1.807) is 0 Å².